The van der Waals surface area contributed by atoms with Gasteiger partial charge in [0.2, 0.25) is 17.7 Å². The number of carbonyl (C=O) groups is 4. The summed E-state index contributed by atoms with van der Waals surface area (Å²) in [5.74, 6) is -3.11. The van der Waals surface area contributed by atoms with Gasteiger partial charge in [0.25, 0.3) is 0 Å². The number of aliphatic hydroxyl groups is 1. The Morgan fingerprint density at radius 1 is 1.22 bits per heavy atom. The van der Waals surface area contributed by atoms with Gasteiger partial charge in [0, 0.05) is 36.5 Å². The van der Waals surface area contributed by atoms with Gasteiger partial charge in [0.15, 0.2) is 0 Å². The molecule has 45 heavy (non-hydrogen) atoms. The lowest BCUT2D eigenvalue weighted by molar-refractivity contribution is -0.151. The SMILES string of the molecule is C=CCCC(=O)OC[C@H](NC(=O)[C@@H]1[C@H]2O[C@@]3(CC2Br)[C@H](C(=O)N(CC=C)C(C)(C)C)N(CCCCO)C(=O)[C@@H]13)c1ccccc1. The normalized spacial score (nSPS) is 27.5. The number of likely N-dealkylation sites (tertiary alicyclic amines) is 1. The molecule has 0 aromatic heterocycles. The summed E-state index contributed by atoms with van der Waals surface area (Å²) in [7, 11) is 0. The van der Waals surface area contributed by atoms with E-state index in [1.807, 2.05) is 51.1 Å². The Bertz CT molecular complexity index is 1270. The molecule has 3 amide bonds. The van der Waals surface area contributed by atoms with E-state index in [0.29, 0.717) is 25.7 Å². The number of ether oxygens (including phenoxy) is 2. The summed E-state index contributed by atoms with van der Waals surface area (Å²) in [5, 5.41) is 12.5. The summed E-state index contributed by atoms with van der Waals surface area (Å²) in [6, 6.07) is 7.61. The predicted octanol–water partition coefficient (Wildman–Crippen LogP) is 3.69. The quantitative estimate of drug-likeness (QED) is 0.125. The fourth-order valence-electron chi connectivity index (χ4n) is 6.96. The molecule has 10 nitrogen and oxygen atoms in total. The minimum atomic E-state index is -1.21. The van der Waals surface area contributed by atoms with Crippen molar-refractivity contribution >= 4 is 39.6 Å². The first kappa shape index (κ1) is 34.8. The van der Waals surface area contributed by atoms with Crippen LogP contribution in [-0.2, 0) is 28.7 Å². The number of nitrogens with one attached hydrogen (secondary N) is 1. The van der Waals surface area contributed by atoms with Gasteiger partial charge in [-0.25, -0.2) is 0 Å². The maximum absolute atomic E-state index is 14.5. The third-order valence-corrected chi connectivity index (χ3v) is 9.85. The van der Waals surface area contributed by atoms with Crippen molar-refractivity contribution in [1.29, 1.82) is 0 Å². The molecule has 2 bridgehead atoms. The molecule has 7 atom stereocenters. The number of nitrogens with zero attached hydrogens (tertiary/aromatic N) is 2. The van der Waals surface area contributed by atoms with Crippen LogP contribution in [0.5, 0.6) is 0 Å². The van der Waals surface area contributed by atoms with Crippen LogP contribution in [0.4, 0.5) is 0 Å². The van der Waals surface area contributed by atoms with E-state index in [-0.39, 0.29) is 49.4 Å². The average Bonchev–Trinajstić information content (AvgIpc) is 3.59. The van der Waals surface area contributed by atoms with Crippen LogP contribution in [0.1, 0.15) is 64.5 Å². The highest BCUT2D eigenvalue weighted by molar-refractivity contribution is 9.09. The summed E-state index contributed by atoms with van der Waals surface area (Å²) in [6.45, 7) is 13.7. The summed E-state index contributed by atoms with van der Waals surface area (Å²) in [5.41, 5.74) is -1.02. The lowest BCUT2D eigenvalue weighted by Gasteiger charge is -2.42. The monoisotopic (exact) mass is 687 g/mol. The summed E-state index contributed by atoms with van der Waals surface area (Å²) in [4.78, 5) is 58.3. The first-order chi connectivity index (χ1) is 21.4. The molecule has 1 spiro atoms. The Morgan fingerprint density at radius 3 is 2.56 bits per heavy atom. The predicted molar refractivity (Wildman–Crippen MR) is 173 cm³/mol. The number of halogens is 1. The van der Waals surface area contributed by atoms with E-state index in [1.165, 1.54) is 0 Å². The van der Waals surface area contributed by atoms with Crippen molar-refractivity contribution in [2.45, 2.75) is 87.0 Å². The Hall–Kier alpha value is -3.02. The zero-order valence-electron chi connectivity index (χ0n) is 26.5. The summed E-state index contributed by atoms with van der Waals surface area (Å²) in [6.07, 6.45) is 4.68. The Morgan fingerprint density at radius 2 is 1.93 bits per heavy atom. The molecule has 3 aliphatic heterocycles. The van der Waals surface area contributed by atoms with Gasteiger partial charge in [0.1, 0.15) is 18.2 Å². The lowest BCUT2D eigenvalue weighted by Crippen LogP contribution is -2.60. The van der Waals surface area contributed by atoms with E-state index < -0.39 is 53.0 Å². The topological polar surface area (TPSA) is 125 Å². The van der Waals surface area contributed by atoms with Crippen molar-refractivity contribution in [3.05, 3.63) is 61.2 Å². The number of hydrogen-bond donors (Lipinski definition) is 2. The van der Waals surface area contributed by atoms with Crippen molar-refractivity contribution < 1.29 is 33.8 Å². The van der Waals surface area contributed by atoms with Gasteiger partial charge in [-0.3, -0.25) is 19.2 Å². The number of esters is 1. The molecule has 246 valence electrons. The van der Waals surface area contributed by atoms with Crippen LogP contribution >= 0.6 is 15.9 Å². The molecule has 4 rings (SSSR count). The van der Waals surface area contributed by atoms with Crippen LogP contribution in [0.2, 0.25) is 0 Å². The van der Waals surface area contributed by atoms with Crippen molar-refractivity contribution in [3.63, 3.8) is 0 Å². The van der Waals surface area contributed by atoms with Gasteiger partial charge < -0.3 is 29.7 Å². The molecule has 2 N–H and O–H groups in total. The van der Waals surface area contributed by atoms with Gasteiger partial charge in [0.05, 0.1) is 24.0 Å². The van der Waals surface area contributed by atoms with Gasteiger partial charge in [-0.05, 0) is 52.0 Å². The molecule has 3 saturated heterocycles. The molecular weight excluding hydrogens is 642 g/mol. The molecule has 3 aliphatic rings. The van der Waals surface area contributed by atoms with E-state index in [1.54, 1.807) is 22.0 Å². The lowest BCUT2D eigenvalue weighted by atomic mass is 9.70. The van der Waals surface area contributed by atoms with Crippen molar-refractivity contribution in [2.24, 2.45) is 11.8 Å². The van der Waals surface area contributed by atoms with Crippen molar-refractivity contribution in [2.75, 3.05) is 26.3 Å². The van der Waals surface area contributed by atoms with E-state index in [0.717, 1.165) is 5.56 Å². The van der Waals surface area contributed by atoms with Crippen LogP contribution in [0, 0.1) is 11.8 Å². The first-order valence-electron chi connectivity index (χ1n) is 15.7. The number of carbonyl (C=O) groups excluding carboxylic acids is 4. The molecule has 0 saturated carbocycles. The Labute approximate surface area is 274 Å². The number of benzene rings is 1. The van der Waals surface area contributed by atoms with Gasteiger partial charge in [-0.2, -0.15) is 0 Å². The number of rotatable bonds is 15. The molecule has 3 heterocycles. The van der Waals surface area contributed by atoms with E-state index in [4.69, 9.17) is 9.47 Å². The number of unbranched alkanes of at least 4 members (excludes halogenated alkanes) is 1. The maximum Gasteiger partial charge on any atom is 0.306 e. The van der Waals surface area contributed by atoms with E-state index >= 15 is 0 Å². The Kier molecular flexibility index (Phi) is 11.3. The molecule has 0 aliphatic carbocycles. The largest absolute Gasteiger partial charge is 0.463 e. The third kappa shape index (κ3) is 7.05. The standard InChI is InChI=1S/C34H46BrN3O7/c1-6-8-16-25(40)44-21-24(22-14-10-9-11-15-22)36-30(41)26-27-31(42)37(18-12-13-19-39)29(34(27)20-23(35)28(26)45-34)32(43)38(17-7-2)33(3,4)5/h6-7,9-11,14-15,23-24,26-29,39H,1-2,8,12-13,16-21H2,3-5H3,(H,36,41)/t23?,24-,26-,27+,28-,29-,34+/m0/s1. The number of aliphatic hydroxyl groups excluding tert-OH is 1. The van der Waals surface area contributed by atoms with Crippen molar-refractivity contribution in [1.82, 2.24) is 15.1 Å². The van der Waals surface area contributed by atoms with Crippen LogP contribution in [-0.4, -0.2) is 93.0 Å². The summed E-state index contributed by atoms with van der Waals surface area (Å²) >= 11 is 3.72. The summed E-state index contributed by atoms with van der Waals surface area (Å²) < 4.78 is 12.2. The smallest absolute Gasteiger partial charge is 0.306 e. The second kappa shape index (κ2) is 14.6. The highest BCUT2D eigenvalue weighted by Crippen LogP contribution is 2.60. The third-order valence-electron chi connectivity index (χ3n) is 9.00. The zero-order valence-corrected chi connectivity index (χ0v) is 28.0. The minimum Gasteiger partial charge on any atom is -0.463 e. The second-order valence-corrected chi connectivity index (χ2v) is 14.2. The molecule has 1 aromatic rings. The van der Waals surface area contributed by atoms with Crippen molar-refractivity contribution in [3.8, 4) is 0 Å². The minimum absolute atomic E-state index is 0.0358. The molecule has 1 aromatic carbocycles. The van der Waals surface area contributed by atoms with Gasteiger partial charge in [-0.15, -0.1) is 13.2 Å². The molecule has 0 radical (unpaired) electrons. The van der Waals surface area contributed by atoms with E-state index in [2.05, 4.69) is 34.4 Å². The molecule has 3 fully saturated rings. The number of fused-ring (bicyclic) bond motifs is 1. The van der Waals surface area contributed by atoms with Crippen LogP contribution in [0.25, 0.3) is 0 Å². The maximum atomic E-state index is 14.5. The van der Waals surface area contributed by atoms with Crippen LogP contribution < -0.4 is 5.32 Å². The van der Waals surface area contributed by atoms with Gasteiger partial charge >= 0.3 is 5.97 Å². The van der Waals surface area contributed by atoms with Gasteiger partial charge in [-0.1, -0.05) is 58.4 Å². The van der Waals surface area contributed by atoms with E-state index in [9.17, 15) is 24.3 Å². The number of hydrogen-bond acceptors (Lipinski definition) is 7. The second-order valence-electron chi connectivity index (χ2n) is 13.0. The fraction of sp³-hybridized carbons (Fsp3) is 0.588. The average molecular weight is 689 g/mol. The number of allylic oxidation sites excluding steroid dienone is 1. The molecule has 1 unspecified atom stereocenters. The van der Waals surface area contributed by atoms with Crippen LogP contribution in [0.3, 0.4) is 0 Å². The zero-order chi connectivity index (χ0) is 32.9. The number of amides is 3. The first-order valence-corrected chi connectivity index (χ1v) is 16.6. The molecular formula is C34H46BrN3O7. The highest BCUT2D eigenvalue weighted by Gasteiger charge is 2.76. The highest BCUT2D eigenvalue weighted by atomic mass is 79.9. The molecule has 11 heteroatoms. The number of alkyl halides is 1. The van der Waals surface area contributed by atoms with Crippen LogP contribution in [0.15, 0.2) is 55.6 Å². The fourth-order valence-corrected chi connectivity index (χ4v) is 7.90. The Balaban J connectivity index is 1.67.